The number of anilines is 2. The van der Waals surface area contributed by atoms with Gasteiger partial charge in [0, 0.05) is 27.7 Å². The van der Waals surface area contributed by atoms with Crippen LogP contribution in [0.2, 0.25) is 0 Å². The third kappa shape index (κ3) is 3.07. The number of rotatable bonds is 3. The number of thiophene rings is 1. The molecule has 4 nitrogen and oxygen atoms in total. The van der Waals surface area contributed by atoms with E-state index in [2.05, 4.69) is 9.97 Å². The summed E-state index contributed by atoms with van der Waals surface area (Å²) < 4.78 is 42.5. The summed E-state index contributed by atoms with van der Waals surface area (Å²) in [5.41, 5.74) is 13.0. The van der Waals surface area contributed by atoms with Gasteiger partial charge in [0.05, 0.1) is 5.56 Å². The molecule has 0 unspecified atom stereocenters. The van der Waals surface area contributed by atoms with Crippen LogP contribution in [0.15, 0.2) is 54.9 Å². The molecule has 0 radical (unpaired) electrons. The van der Waals surface area contributed by atoms with Gasteiger partial charge in [-0.3, -0.25) is 4.98 Å². The van der Waals surface area contributed by atoms with Crippen molar-refractivity contribution in [3.8, 4) is 32.0 Å². The standard InChI is InChI=1S/C20H13F3N4S/c21-12-3-1-11(2-4-12)18-13(10-5-7-26-8-6-10)9-14(28-18)15-16(22)19(24)27-20(25)17(15)23/h1-9H,(H4,24,25,27). The Morgan fingerprint density at radius 1 is 0.786 bits per heavy atom. The van der Waals surface area contributed by atoms with Crippen LogP contribution in [0, 0.1) is 17.5 Å². The van der Waals surface area contributed by atoms with Crippen LogP contribution in [-0.2, 0) is 0 Å². The van der Waals surface area contributed by atoms with E-state index in [1.807, 2.05) is 0 Å². The van der Waals surface area contributed by atoms with Crippen LogP contribution in [0.5, 0.6) is 0 Å². The van der Waals surface area contributed by atoms with Crippen molar-refractivity contribution in [2.24, 2.45) is 0 Å². The molecule has 140 valence electrons. The quantitative estimate of drug-likeness (QED) is 0.502. The Morgan fingerprint density at radius 3 is 2.00 bits per heavy atom. The zero-order valence-corrected chi connectivity index (χ0v) is 15.1. The molecule has 4 N–H and O–H groups in total. The predicted molar refractivity (Wildman–Crippen MR) is 105 cm³/mol. The van der Waals surface area contributed by atoms with Gasteiger partial charge >= 0.3 is 0 Å². The van der Waals surface area contributed by atoms with Gasteiger partial charge in [0.25, 0.3) is 0 Å². The highest BCUT2D eigenvalue weighted by Gasteiger charge is 2.23. The Hall–Kier alpha value is -3.39. The van der Waals surface area contributed by atoms with Gasteiger partial charge in [0.15, 0.2) is 23.3 Å². The van der Waals surface area contributed by atoms with Crippen LogP contribution in [0.25, 0.3) is 32.0 Å². The minimum absolute atomic E-state index is 0.293. The summed E-state index contributed by atoms with van der Waals surface area (Å²) in [4.78, 5) is 8.48. The highest BCUT2D eigenvalue weighted by Crippen LogP contribution is 2.45. The smallest absolute Gasteiger partial charge is 0.176 e. The Labute approximate surface area is 162 Å². The van der Waals surface area contributed by atoms with Gasteiger partial charge < -0.3 is 11.5 Å². The summed E-state index contributed by atoms with van der Waals surface area (Å²) in [6, 6.07) is 11.1. The molecule has 3 aromatic heterocycles. The molecule has 1 aromatic carbocycles. The van der Waals surface area contributed by atoms with Crippen molar-refractivity contribution in [2.75, 3.05) is 11.5 Å². The first-order chi connectivity index (χ1) is 13.5. The molecule has 28 heavy (non-hydrogen) atoms. The van der Waals surface area contributed by atoms with Crippen LogP contribution in [-0.4, -0.2) is 9.97 Å². The molecule has 8 heteroatoms. The van der Waals surface area contributed by atoms with E-state index >= 15 is 0 Å². The summed E-state index contributed by atoms with van der Waals surface area (Å²) in [5, 5.41) is 0. The summed E-state index contributed by atoms with van der Waals surface area (Å²) in [6.45, 7) is 0. The average Bonchev–Trinajstić information content (AvgIpc) is 3.13. The average molecular weight is 398 g/mol. The molecule has 0 atom stereocenters. The molecule has 0 aliphatic carbocycles. The first kappa shape index (κ1) is 18.0. The van der Waals surface area contributed by atoms with E-state index in [0.717, 1.165) is 22.5 Å². The number of hydrogen-bond acceptors (Lipinski definition) is 5. The number of nitrogen functional groups attached to an aromatic ring is 2. The van der Waals surface area contributed by atoms with Gasteiger partial charge in [0.2, 0.25) is 0 Å². The maximum atomic E-state index is 14.6. The molecule has 4 aromatic rings. The zero-order valence-electron chi connectivity index (χ0n) is 14.3. The van der Waals surface area contributed by atoms with E-state index in [0.29, 0.717) is 15.3 Å². The Kier molecular flexibility index (Phi) is 4.48. The molecule has 0 spiro atoms. The fourth-order valence-electron chi connectivity index (χ4n) is 2.87. The highest BCUT2D eigenvalue weighted by atomic mass is 32.1. The number of benzene rings is 1. The molecule has 0 fully saturated rings. The summed E-state index contributed by atoms with van der Waals surface area (Å²) in [7, 11) is 0. The molecule has 0 saturated heterocycles. The van der Waals surface area contributed by atoms with E-state index in [9.17, 15) is 13.2 Å². The first-order valence-corrected chi connectivity index (χ1v) is 8.98. The normalized spacial score (nSPS) is 11.0. The van der Waals surface area contributed by atoms with Gasteiger partial charge in [-0.25, -0.2) is 18.2 Å². The second kappa shape index (κ2) is 6.97. The number of nitrogens with zero attached hydrogens (tertiary/aromatic N) is 2. The van der Waals surface area contributed by atoms with Crippen molar-refractivity contribution in [3.63, 3.8) is 0 Å². The third-order valence-corrected chi connectivity index (χ3v) is 5.41. The largest absolute Gasteiger partial charge is 0.381 e. The maximum absolute atomic E-state index is 14.6. The van der Waals surface area contributed by atoms with Gasteiger partial charge in [0.1, 0.15) is 5.82 Å². The molecule has 0 bridgehead atoms. The SMILES string of the molecule is Nc1nc(N)c(F)c(-c2cc(-c3ccncc3)c(-c3ccc(F)cc3)s2)c1F. The molecule has 0 amide bonds. The number of hydrogen-bond donors (Lipinski definition) is 2. The van der Waals surface area contributed by atoms with Crippen molar-refractivity contribution in [3.05, 3.63) is 72.3 Å². The molecule has 0 aliphatic heterocycles. The van der Waals surface area contributed by atoms with Gasteiger partial charge in [-0.2, -0.15) is 0 Å². The van der Waals surface area contributed by atoms with E-state index in [-0.39, 0.29) is 11.4 Å². The number of pyridine rings is 2. The van der Waals surface area contributed by atoms with Crippen LogP contribution in [0.3, 0.4) is 0 Å². The molecule has 4 rings (SSSR count). The van der Waals surface area contributed by atoms with Crippen molar-refractivity contribution in [1.82, 2.24) is 9.97 Å². The minimum Gasteiger partial charge on any atom is -0.381 e. The van der Waals surface area contributed by atoms with Crippen LogP contribution < -0.4 is 11.5 Å². The lowest BCUT2D eigenvalue weighted by Gasteiger charge is -2.06. The minimum atomic E-state index is -0.972. The third-order valence-electron chi connectivity index (χ3n) is 4.21. The maximum Gasteiger partial charge on any atom is 0.176 e. The highest BCUT2D eigenvalue weighted by molar-refractivity contribution is 7.19. The fraction of sp³-hybridized carbons (Fsp3) is 0. The molecule has 3 heterocycles. The van der Waals surface area contributed by atoms with Gasteiger partial charge in [-0.15, -0.1) is 11.3 Å². The monoisotopic (exact) mass is 398 g/mol. The van der Waals surface area contributed by atoms with Gasteiger partial charge in [-0.1, -0.05) is 12.1 Å². The van der Waals surface area contributed by atoms with E-state index in [1.54, 1.807) is 42.7 Å². The second-order valence-electron chi connectivity index (χ2n) is 5.98. The van der Waals surface area contributed by atoms with Crippen LogP contribution >= 0.6 is 11.3 Å². The van der Waals surface area contributed by atoms with E-state index in [4.69, 9.17) is 11.5 Å². The van der Waals surface area contributed by atoms with Crippen molar-refractivity contribution in [1.29, 1.82) is 0 Å². The molecule has 0 aliphatic rings. The first-order valence-electron chi connectivity index (χ1n) is 8.16. The van der Waals surface area contributed by atoms with Crippen molar-refractivity contribution in [2.45, 2.75) is 0 Å². The summed E-state index contributed by atoms with van der Waals surface area (Å²) >= 11 is 1.15. The Balaban J connectivity index is 1.98. The van der Waals surface area contributed by atoms with Crippen molar-refractivity contribution >= 4 is 23.0 Å². The molecular formula is C20H13F3N4S. The van der Waals surface area contributed by atoms with Crippen molar-refractivity contribution < 1.29 is 13.2 Å². The van der Waals surface area contributed by atoms with Crippen LogP contribution in [0.4, 0.5) is 24.8 Å². The summed E-state index contributed by atoms with van der Waals surface area (Å²) in [6.07, 6.45) is 3.23. The topological polar surface area (TPSA) is 77.8 Å². The summed E-state index contributed by atoms with van der Waals surface area (Å²) in [5.74, 6) is -3.27. The Morgan fingerprint density at radius 2 is 1.39 bits per heavy atom. The van der Waals surface area contributed by atoms with E-state index in [1.165, 1.54) is 12.1 Å². The molecule has 0 saturated carbocycles. The number of halogens is 3. The number of aromatic nitrogens is 2. The predicted octanol–water partition coefficient (Wildman–Crippen LogP) is 5.12. The lowest BCUT2D eigenvalue weighted by molar-refractivity contribution is 0.588. The lowest BCUT2D eigenvalue weighted by atomic mass is 10.0. The Bertz CT molecular complexity index is 1130. The zero-order chi connectivity index (χ0) is 19.8. The fourth-order valence-corrected chi connectivity index (χ4v) is 4.09. The van der Waals surface area contributed by atoms with E-state index < -0.39 is 23.3 Å². The molecular weight excluding hydrogens is 385 g/mol. The second-order valence-corrected chi connectivity index (χ2v) is 7.03. The lowest BCUT2D eigenvalue weighted by Crippen LogP contribution is -2.05. The van der Waals surface area contributed by atoms with Gasteiger partial charge in [-0.05, 0) is 41.5 Å². The number of nitrogens with two attached hydrogens (primary N) is 2. The van der Waals surface area contributed by atoms with Crippen LogP contribution in [0.1, 0.15) is 0 Å².